The first-order chi connectivity index (χ1) is 10.7. The first-order valence-electron chi connectivity index (χ1n) is 7.84. The summed E-state index contributed by atoms with van der Waals surface area (Å²) in [7, 11) is 0. The van der Waals surface area contributed by atoms with Gasteiger partial charge >= 0.3 is 0 Å². The van der Waals surface area contributed by atoms with Crippen LogP contribution in [0.1, 0.15) is 28.4 Å². The van der Waals surface area contributed by atoms with Crippen molar-refractivity contribution in [1.29, 1.82) is 0 Å². The quantitative estimate of drug-likeness (QED) is 0.690. The lowest BCUT2D eigenvalue weighted by atomic mass is 10.0. The summed E-state index contributed by atoms with van der Waals surface area (Å²) >= 11 is 0. The van der Waals surface area contributed by atoms with Crippen molar-refractivity contribution < 1.29 is 9.53 Å². The lowest BCUT2D eigenvalue weighted by Gasteiger charge is -2.33. The molecule has 0 saturated carbocycles. The predicted molar refractivity (Wildman–Crippen MR) is 86.0 cm³/mol. The number of fused-ring (bicyclic) bond motifs is 3. The number of carbonyl (C=O) groups excluding carboxylic acids is 1. The minimum Gasteiger partial charge on any atom is -0.377 e. The van der Waals surface area contributed by atoms with Crippen molar-refractivity contribution in [3.63, 3.8) is 0 Å². The average Bonchev–Trinajstić information content (AvgIpc) is 2.92. The normalized spacial score (nSPS) is 19.7. The minimum absolute atomic E-state index is 0.120. The zero-order valence-corrected chi connectivity index (χ0v) is 12.7. The molecular formula is C19H19NO2. The molecule has 0 spiro atoms. The average molecular weight is 293 g/mol. The van der Waals surface area contributed by atoms with Crippen molar-refractivity contribution in [3.8, 4) is 11.1 Å². The Morgan fingerprint density at radius 1 is 1.14 bits per heavy atom. The Morgan fingerprint density at radius 2 is 1.95 bits per heavy atom. The van der Waals surface area contributed by atoms with Crippen LogP contribution in [0.4, 0.5) is 0 Å². The topological polar surface area (TPSA) is 29.5 Å². The Morgan fingerprint density at radius 3 is 2.82 bits per heavy atom. The van der Waals surface area contributed by atoms with E-state index < -0.39 is 0 Å². The molecule has 0 radical (unpaired) electrons. The van der Waals surface area contributed by atoms with Gasteiger partial charge in [0.1, 0.15) is 0 Å². The summed E-state index contributed by atoms with van der Waals surface area (Å²) in [6, 6.07) is 14.7. The van der Waals surface area contributed by atoms with Crippen LogP contribution in [-0.4, -0.2) is 36.6 Å². The third-order valence-electron chi connectivity index (χ3n) is 4.67. The fourth-order valence-corrected chi connectivity index (χ4v) is 3.47. The van der Waals surface area contributed by atoms with Crippen LogP contribution in [0.2, 0.25) is 0 Å². The zero-order chi connectivity index (χ0) is 15.1. The van der Waals surface area contributed by atoms with Gasteiger partial charge in [-0.05, 0) is 47.7 Å². The van der Waals surface area contributed by atoms with Gasteiger partial charge in [0.15, 0.2) is 0 Å². The summed E-state index contributed by atoms with van der Waals surface area (Å²) in [6.07, 6.45) is 0.922. The summed E-state index contributed by atoms with van der Waals surface area (Å²) in [4.78, 5) is 14.7. The summed E-state index contributed by atoms with van der Waals surface area (Å²) in [6.45, 7) is 3.98. The molecule has 1 fully saturated rings. The van der Waals surface area contributed by atoms with Gasteiger partial charge in [-0.1, -0.05) is 30.3 Å². The second-order valence-electron chi connectivity index (χ2n) is 6.13. The van der Waals surface area contributed by atoms with Gasteiger partial charge in [-0.3, -0.25) is 4.79 Å². The Labute approximate surface area is 130 Å². The van der Waals surface area contributed by atoms with Crippen LogP contribution < -0.4 is 0 Å². The molecule has 4 rings (SSSR count). The SMILES string of the molecule is C[C@H]1COCCN1C(=O)c1ccc2c(c1)Cc1ccccc1-2. The van der Waals surface area contributed by atoms with Crippen molar-refractivity contribution in [3.05, 3.63) is 59.2 Å². The molecule has 0 bridgehead atoms. The van der Waals surface area contributed by atoms with Gasteiger partial charge < -0.3 is 9.64 Å². The molecule has 1 aliphatic carbocycles. The molecule has 1 aliphatic heterocycles. The molecule has 0 aromatic heterocycles. The van der Waals surface area contributed by atoms with E-state index in [1.54, 1.807) is 0 Å². The number of benzene rings is 2. The summed E-state index contributed by atoms with van der Waals surface area (Å²) in [5.74, 6) is 0.120. The van der Waals surface area contributed by atoms with Gasteiger partial charge in [-0.25, -0.2) is 0 Å². The molecular weight excluding hydrogens is 274 g/mol. The maximum absolute atomic E-state index is 12.8. The summed E-state index contributed by atoms with van der Waals surface area (Å²) in [5.41, 5.74) is 5.97. The molecule has 22 heavy (non-hydrogen) atoms. The van der Waals surface area contributed by atoms with E-state index in [9.17, 15) is 4.79 Å². The Kier molecular flexibility index (Phi) is 3.23. The van der Waals surface area contributed by atoms with Crippen molar-refractivity contribution in [2.75, 3.05) is 19.8 Å². The molecule has 0 unspecified atom stereocenters. The van der Waals surface area contributed by atoms with Crippen LogP contribution in [0.3, 0.4) is 0 Å². The second kappa shape index (κ2) is 5.25. The number of carbonyl (C=O) groups is 1. The van der Waals surface area contributed by atoms with E-state index in [4.69, 9.17) is 4.74 Å². The van der Waals surface area contributed by atoms with E-state index in [2.05, 4.69) is 36.4 Å². The number of morpholine rings is 1. The van der Waals surface area contributed by atoms with E-state index in [0.717, 1.165) is 12.0 Å². The molecule has 3 nitrogen and oxygen atoms in total. The van der Waals surface area contributed by atoms with Crippen LogP contribution in [0.15, 0.2) is 42.5 Å². The Balaban J connectivity index is 1.65. The molecule has 2 aromatic rings. The molecule has 1 atom stereocenters. The van der Waals surface area contributed by atoms with E-state index in [1.807, 2.05) is 17.9 Å². The Hall–Kier alpha value is -2.13. The highest BCUT2D eigenvalue weighted by Crippen LogP contribution is 2.36. The number of ether oxygens (including phenoxy) is 1. The predicted octanol–water partition coefficient (Wildman–Crippen LogP) is 3.12. The molecule has 1 saturated heterocycles. The van der Waals surface area contributed by atoms with Gasteiger partial charge in [-0.15, -0.1) is 0 Å². The minimum atomic E-state index is 0.120. The lowest BCUT2D eigenvalue weighted by Crippen LogP contribution is -2.47. The van der Waals surface area contributed by atoms with E-state index in [0.29, 0.717) is 19.8 Å². The monoisotopic (exact) mass is 293 g/mol. The zero-order valence-electron chi connectivity index (χ0n) is 12.7. The van der Waals surface area contributed by atoms with Gasteiger partial charge in [-0.2, -0.15) is 0 Å². The largest absolute Gasteiger partial charge is 0.377 e. The highest BCUT2D eigenvalue weighted by Gasteiger charge is 2.26. The molecule has 112 valence electrons. The van der Waals surface area contributed by atoms with E-state index in [1.165, 1.54) is 22.3 Å². The van der Waals surface area contributed by atoms with Crippen molar-refractivity contribution >= 4 is 5.91 Å². The van der Waals surface area contributed by atoms with Crippen LogP contribution in [0.5, 0.6) is 0 Å². The standard InChI is InChI=1S/C19H19NO2/c1-13-12-22-9-8-20(13)19(21)15-6-7-18-16(11-15)10-14-4-2-3-5-17(14)18/h2-7,11,13H,8-10,12H2,1H3/t13-/m0/s1. The van der Waals surface area contributed by atoms with Crippen LogP contribution in [-0.2, 0) is 11.2 Å². The van der Waals surface area contributed by atoms with Crippen LogP contribution in [0, 0.1) is 0 Å². The van der Waals surface area contributed by atoms with Gasteiger partial charge in [0.05, 0.1) is 19.3 Å². The number of nitrogens with zero attached hydrogens (tertiary/aromatic N) is 1. The highest BCUT2D eigenvalue weighted by molar-refractivity contribution is 5.96. The molecule has 2 aromatic carbocycles. The van der Waals surface area contributed by atoms with Crippen molar-refractivity contribution in [1.82, 2.24) is 4.90 Å². The first-order valence-corrected chi connectivity index (χ1v) is 7.84. The van der Waals surface area contributed by atoms with Crippen molar-refractivity contribution in [2.45, 2.75) is 19.4 Å². The smallest absolute Gasteiger partial charge is 0.254 e. The molecule has 2 aliphatic rings. The molecule has 1 heterocycles. The second-order valence-corrected chi connectivity index (χ2v) is 6.13. The fraction of sp³-hybridized carbons (Fsp3) is 0.316. The molecule has 1 amide bonds. The number of hydrogen-bond donors (Lipinski definition) is 0. The number of hydrogen-bond acceptors (Lipinski definition) is 2. The summed E-state index contributed by atoms with van der Waals surface area (Å²) < 4.78 is 5.42. The van der Waals surface area contributed by atoms with E-state index in [-0.39, 0.29) is 11.9 Å². The van der Waals surface area contributed by atoms with Crippen LogP contribution in [0.25, 0.3) is 11.1 Å². The molecule has 0 N–H and O–H groups in total. The third-order valence-corrected chi connectivity index (χ3v) is 4.67. The molecule has 3 heteroatoms. The summed E-state index contributed by atoms with van der Waals surface area (Å²) in [5, 5.41) is 0. The van der Waals surface area contributed by atoms with Gasteiger partial charge in [0, 0.05) is 12.1 Å². The maximum Gasteiger partial charge on any atom is 0.254 e. The Bertz CT molecular complexity index is 738. The van der Waals surface area contributed by atoms with Crippen molar-refractivity contribution in [2.24, 2.45) is 0 Å². The highest BCUT2D eigenvalue weighted by atomic mass is 16.5. The third kappa shape index (κ3) is 2.13. The van der Waals surface area contributed by atoms with E-state index >= 15 is 0 Å². The van der Waals surface area contributed by atoms with Gasteiger partial charge in [0.25, 0.3) is 5.91 Å². The lowest BCUT2D eigenvalue weighted by molar-refractivity contribution is 0.00359. The van der Waals surface area contributed by atoms with Gasteiger partial charge in [0.2, 0.25) is 0 Å². The number of rotatable bonds is 1. The maximum atomic E-state index is 12.8. The fourth-order valence-electron chi connectivity index (χ4n) is 3.47. The van der Waals surface area contributed by atoms with Crippen LogP contribution >= 0.6 is 0 Å². The number of amides is 1. The first kappa shape index (κ1) is 13.5.